The molecular formula is C32H33N. The molecule has 0 N–H and O–H groups in total. The van der Waals surface area contributed by atoms with Crippen LogP contribution >= 0.6 is 0 Å². The van der Waals surface area contributed by atoms with Gasteiger partial charge >= 0.3 is 0 Å². The standard InChI is InChI=1S/C32H33N/c1-22-18-29(27-16-14-26(15-17-27)25-10-6-4-7-11-25)19-23(2)32(22)30-20-31(33-21-24(30)3)28-12-8-5-9-13-28/h5,8-9,12-21,25H,4,6-7,10-11H2,1-3H3/i1D3,3D3,25D. The molecule has 0 aliphatic heterocycles. The second kappa shape index (κ2) is 9.35. The third kappa shape index (κ3) is 4.50. The second-order valence-electron chi connectivity index (χ2n) is 8.94. The molecule has 3 aromatic carbocycles. The zero-order valence-corrected chi connectivity index (χ0v) is 19.0. The molecule has 0 radical (unpaired) electrons. The first-order valence-electron chi connectivity index (χ1n) is 15.2. The lowest BCUT2D eigenvalue weighted by atomic mass is 9.83. The molecule has 1 aliphatic carbocycles. The molecule has 1 saturated carbocycles. The van der Waals surface area contributed by atoms with Crippen LogP contribution in [0.1, 0.15) is 69.8 Å². The van der Waals surface area contributed by atoms with Crippen LogP contribution in [0.2, 0.25) is 0 Å². The Morgan fingerprint density at radius 2 is 1.48 bits per heavy atom. The average molecular weight is 439 g/mol. The summed E-state index contributed by atoms with van der Waals surface area (Å²) >= 11 is 0. The molecule has 1 aromatic heterocycles. The molecule has 1 fully saturated rings. The first-order valence-corrected chi connectivity index (χ1v) is 11.7. The maximum absolute atomic E-state index is 8.93. The van der Waals surface area contributed by atoms with E-state index in [2.05, 4.69) is 4.98 Å². The summed E-state index contributed by atoms with van der Waals surface area (Å²) in [5.41, 5.74) is 5.54. The Morgan fingerprint density at radius 1 is 0.758 bits per heavy atom. The number of aromatic nitrogens is 1. The summed E-state index contributed by atoms with van der Waals surface area (Å²) in [5, 5.41) is 0. The van der Waals surface area contributed by atoms with E-state index < -0.39 is 19.6 Å². The highest BCUT2D eigenvalue weighted by molar-refractivity contribution is 5.80. The summed E-state index contributed by atoms with van der Waals surface area (Å²) in [6.45, 7) is -3.13. The Hall–Kier alpha value is -3.19. The van der Waals surface area contributed by atoms with Crippen LogP contribution in [0.3, 0.4) is 0 Å². The first-order chi connectivity index (χ1) is 18.9. The molecule has 1 nitrogen and oxygen atoms in total. The summed E-state index contributed by atoms with van der Waals surface area (Å²) in [6.07, 6.45) is 6.36. The molecule has 0 unspecified atom stereocenters. The minimum Gasteiger partial charge on any atom is -0.256 e. The Kier molecular flexibility index (Phi) is 4.21. The van der Waals surface area contributed by atoms with Crippen molar-refractivity contribution in [2.24, 2.45) is 0 Å². The highest BCUT2D eigenvalue weighted by Crippen LogP contribution is 2.37. The SMILES string of the molecule is [2H]C([2H])([2H])c1cnc(-c2ccccc2)cc1-c1c(C)cc(-c2ccc(C3([2H])CCCCC3)cc2)cc1C([2H])([2H])[2H]. The molecule has 0 bridgehead atoms. The smallest absolute Gasteiger partial charge is 0.0708 e. The third-order valence-electron chi connectivity index (χ3n) is 6.66. The van der Waals surface area contributed by atoms with Gasteiger partial charge in [-0.05, 0) is 89.9 Å². The quantitative estimate of drug-likeness (QED) is 0.310. The highest BCUT2D eigenvalue weighted by atomic mass is 14.7. The van der Waals surface area contributed by atoms with E-state index in [0.717, 1.165) is 47.9 Å². The second-order valence-corrected chi connectivity index (χ2v) is 8.94. The lowest BCUT2D eigenvalue weighted by Crippen LogP contribution is -2.04. The normalized spacial score (nSPS) is 19.2. The number of nitrogens with zero attached hydrogens (tertiary/aromatic N) is 1. The van der Waals surface area contributed by atoms with Crippen molar-refractivity contribution in [3.8, 4) is 33.5 Å². The molecule has 1 heteroatoms. The number of hydrogen-bond donors (Lipinski definition) is 0. The van der Waals surface area contributed by atoms with Crippen LogP contribution in [0.25, 0.3) is 33.5 Å². The molecule has 0 amide bonds. The van der Waals surface area contributed by atoms with Gasteiger partial charge in [-0.15, -0.1) is 0 Å². The van der Waals surface area contributed by atoms with E-state index >= 15 is 0 Å². The van der Waals surface area contributed by atoms with Crippen molar-refractivity contribution >= 4 is 0 Å². The molecule has 0 atom stereocenters. The monoisotopic (exact) mass is 438 g/mol. The summed E-state index contributed by atoms with van der Waals surface area (Å²) in [6, 6.07) is 22.6. The van der Waals surface area contributed by atoms with Crippen LogP contribution < -0.4 is 0 Å². The first kappa shape index (κ1) is 14.9. The van der Waals surface area contributed by atoms with Crippen molar-refractivity contribution < 1.29 is 9.60 Å². The number of pyridine rings is 1. The molecule has 33 heavy (non-hydrogen) atoms. The van der Waals surface area contributed by atoms with Crippen LogP contribution in [-0.2, 0) is 0 Å². The fourth-order valence-electron chi connectivity index (χ4n) is 4.91. The zero-order valence-electron chi connectivity index (χ0n) is 26.0. The average Bonchev–Trinajstić information content (AvgIpc) is 2.92. The summed E-state index contributed by atoms with van der Waals surface area (Å²) in [5.74, 6) is -0.566. The highest BCUT2D eigenvalue weighted by Gasteiger charge is 2.16. The lowest BCUT2D eigenvalue weighted by molar-refractivity contribution is 0.443. The third-order valence-corrected chi connectivity index (χ3v) is 6.66. The van der Waals surface area contributed by atoms with Gasteiger partial charge in [-0.3, -0.25) is 4.98 Å². The van der Waals surface area contributed by atoms with Gasteiger partial charge in [-0.25, -0.2) is 0 Å². The Bertz CT molecular complexity index is 1500. The minimum absolute atomic E-state index is 0.0195. The number of benzene rings is 3. The summed E-state index contributed by atoms with van der Waals surface area (Å²) in [4.78, 5) is 4.42. The molecule has 1 heterocycles. The minimum atomic E-state index is -2.48. The predicted octanol–water partition coefficient (Wildman–Crippen LogP) is 9.06. The van der Waals surface area contributed by atoms with E-state index in [1.165, 1.54) is 12.6 Å². The van der Waals surface area contributed by atoms with Gasteiger partial charge in [0, 0.05) is 21.4 Å². The Morgan fingerprint density at radius 3 is 2.21 bits per heavy atom. The van der Waals surface area contributed by atoms with E-state index in [1.54, 1.807) is 12.1 Å². The fourth-order valence-corrected chi connectivity index (χ4v) is 4.91. The largest absolute Gasteiger partial charge is 0.256 e. The van der Waals surface area contributed by atoms with Gasteiger partial charge in [0.05, 0.1) is 5.69 Å². The lowest BCUT2D eigenvalue weighted by Gasteiger charge is -2.22. The molecule has 166 valence electrons. The van der Waals surface area contributed by atoms with E-state index in [1.807, 2.05) is 67.6 Å². The van der Waals surface area contributed by atoms with Crippen LogP contribution in [0.15, 0.2) is 79.0 Å². The Balaban J connectivity index is 1.65. The van der Waals surface area contributed by atoms with Crippen LogP contribution in [-0.4, -0.2) is 4.98 Å². The van der Waals surface area contributed by atoms with E-state index in [0.29, 0.717) is 22.4 Å². The molecular weight excluding hydrogens is 398 g/mol. The van der Waals surface area contributed by atoms with Gasteiger partial charge < -0.3 is 0 Å². The molecule has 4 aromatic rings. The fraction of sp³-hybridized carbons (Fsp3) is 0.281. The molecule has 5 rings (SSSR count). The van der Waals surface area contributed by atoms with Crippen molar-refractivity contribution in [2.45, 2.75) is 58.6 Å². The van der Waals surface area contributed by atoms with Gasteiger partial charge in [-0.1, -0.05) is 86.0 Å². The van der Waals surface area contributed by atoms with E-state index in [9.17, 15) is 0 Å². The van der Waals surface area contributed by atoms with E-state index in [-0.39, 0.29) is 11.1 Å². The molecule has 0 saturated heterocycles. The Labute approximate surface area is 208 Å². The maximum atomic E-state index is 8.93. The van der Waals surface area contributed by atoms with E-state index in [4.69, 9.17) is 9.60 Å². The van der Waals surface area contributed by atoms with Crippen molar-refractivity contribution in [2.75, 3.05) is 0 Å². The van der Waals surface area contributed by atoms with Gasteiger partial charge in [-0.2, -0.15) is 0 Å². The molecule has 1 aliphatic rings. The van der Waals surface area contributed by atoms with Gasteiger partial charge in [0.15, 0.2) is 0 Å². The number of aryl methyl sites for hydroxylation is 3. The topological polar surface area (TPSA) is 12.9 Å². The molecule has 0 spiro atoms. The summed E-state index contributed by atoms with van der Waals surface area (Å²) in [7, 11) is 0. The summed E-state index contributed by atoms with van der Waals surface area (Å²) < 4.78 is 58.7. The van der Waals surface area contributed by atoms with Gasteiger partial charge in [0.1, 0.15) is 0 Å². The van der Waals surface area contributed by atoms with Crippen molar-refractivity contribution in [1.29, 1.82) is 0 Å². The van der Waals surface area contributed by atoms with Gasteiger partial charge in [0.25, 0.3) is 0 Å². The van der Waals surface area contributed by atoms with Crippen LogP contribution in [0.5, 0.6) is 0 Å². The maximum Gasteiger partial charge on any atom is 0.0708 e. The number of hydrogen-bond acceptors (Lipinski definition) is 1. The predicted molar refractivity (Wildman–Crippen MR) is 141 cm³/mol. The number of rotatable bonds is 4. The van der Waals surface area contributed by atoms with Crippen LogP contribution in [0, 0.1) is 20.6 Å². The van der Waals surface area contributed by atoms with Crippen molar-refractivity contribution in [1.82, 2.24) is 4.98 Å². The zero-order chi connectivity index (χ0) is 28.7. The van der Waals surface area contributed by atoms with Gasteiger partial charge in [0.2, 0.25) is 0 Å². The van der Waals surface area contributed by atoms with Crippen molar-refractivity contribution in [3.63, 3.8) is 0 Å². The van der Waals surface area contributed by atoms with Crippen LogP contribution in [0.4, 0.5) is 0 Å². The van der Waals surface area contributed by atoms with Crippen molar-refractivity contribution in [3.05, 3.63) is 101 Å².